The summed E-state index contributed by atoms with van der Waals surface area (Å²) >= 11 is 0. The van der Waals surface area contributed by atoms with Gasteiger partial charge in [-0.25, -0.2) is 4.98 Å². The molecule has 142 valence electrons. The molecule has 1 saturated heterocycles. The molecular formula is C21H22N6O. The minimum absolute atomic E-state index is 0.659. The molecule has 0 bridgehead atoms. The molecule has 0 unspecified atom stereocenters. The highest BCUT2D eigenvalue weighted by Crippen LogP contribution is 2.23. The number of piperazine rings is 1. The molecule has 1 aliphatic heterocycles. The molecule has 0 aliphatic carbocycles. The summed E-state index contributed by atoms with van der Waals surface area (Å²) in [5.41, 5.74) is 3.06. The molecule has 2 aromatic heterocycles. The summed E-state index contributed by atoms with van der Waals surface area (Å²) in [5, 5.41) is 3.40. The highest BCUT2D eigenvalue weighted by Gasteiger charge is 2.19. The second-order valence-electron chi connectivity index (χ2n) is 6.64. The number of aromatic nitrogens is 3. The molecule has 3 aromatic rings. The Bertz CT molecular complexity index is 911. The largest absolute Gasteiger partial charge is 0.366 e. The quantitative estimate of drug-likeness (QED) is 0.668. The van der Waals surface area contributed by atoms with E-state index in [1.807, 2.05) is 48.5 Å². The summed E-state index contributed by atoms with van der Waals surface area (Å²) in [4.78, 5) is 28.5. The van der Waals surface area contributed by atoms with Crippen molar-refractivity contribution in [1.29, 1.82) is 0 Å². The number of nitrogens with zero attached hydrogens (tertiary/aromatic N) is 5. The Balaban J connectivity index is 1.60. The van der Waals surface area contributed by atoms with Gasteiger partial charge in [-0.2, -0.15) is 4.98 Å². The Labute approximate surface area is 164 Å². The lowest BCUT2D eigenvalue weighted by Crippen LogP contribution is -2.46. The maximum atomic E-state index is 11.0. The first-order valence-electron chi connectivity index (χ1n) is 9.33. The van der Waals surface area contributed by atoms with Crippen molar-refractivity contribution in [3.8, 4) is 11.3 Å². The third kappa shape index (κ3) is 4.25. The molecule has 1 aromatic carbocycles. The van der Waals surface area contributed by atoms with E-state index in [2.05, 4.69) is 15.2 Å². The van der Waals surface area contributed by atoms with Crippen LogP contribution in [0.1, 0.15) is 5.56 Å². The van der Waals surface area contributed by atoms with E-state index in [-0.39, 0.29) is 0 Å². The molecule has 1 N–H and O–H groups in total. The first-order valence-corrected chi connectivity index (χ1v) is 9.33. The zero-order valence-electron chi connectivity index (χ0n) is 15.5. The van der Waals surface area contributed by atoms with Crippen molar-refractivity contribution in [3.05, 3.63) is 66.5 Å². The van der Waals surface area contributed by atoms with E-state index in [0.717, 1.165) is 42.1 Å². The minimum Gasteiger partial charge on any atom is -0.366 e. The molecule has 28 heavy (non-hydrogen) atoms. The molecule has 7 heteroatoms. The SMILES string of the molecule is O=CN1CCN(c2nc(NCc3ccncc3)cc(-c3ccccc3)n2)CC1. The smallest absolute Gasteiger partial charge is 0.227 e. The van der Waals surface area contributed by atoms with Crippen LogP contribution in [0.3, 0.4) is 0 Å². The maximum Gasteiger partial charge on any atom is 0.227 e. The number of anilines is 2. The Hall–Kier alpha value is -3.48. The second-order valence-corrected chi connectivity index (χ2v) is 6.64. The summed E-state index contributed by atoms with van der Waals surface area (Å²) in [6.45, 7) is 3.47. The number of hydrogen-bond acceptors (Lipinski definition) is 6. The molecule has 7 nitrogen and oxygen atoms in total. The number of nitrogens with one attached hydrogen (secondary N) is 1. The predicted octanol–water partition coefficient (Wildman–Crippen LogP) is 2.43. The molecule has 1 aliphatic rings. The van der Waals surface area contributed by atoms with Crippen LogP contribution in [-0.2, 0) is 11.3 Å². The van der Waals surface area contributed by atoms with Crippen molar-refractivity contribution in [3.63, 3.8) is 0 Å². The van der Waals surface area contributed by atoms with Crippen LogP contribution in [0.5, 0.6) is 0 Å². The summed E-state index contributed by atoms with van der Waals surface area (Å²) in [6, 6.07) is 16.0. The maximum absolute atomic E-state index is 11.0. The molecule has 0 spiro atoms. The van der Waals surface area contributed by atoms with Gasteiger partial charge in [-0.15, -0.1) is 0 Å². The van der Waals surface area contributed by atoms with Gasteiger partial charge in [0.1, 0.15) is 5.82 Å². The normalized spacial score (nSPS) is 14.0. The summed E-state index contributed by atoms with van der Waals surface area (Å²) in [6.07, 6.45) is 4.47. The molecule has 0 saturated carbocycles. The molecule has 4 rings (SSSR count). The van der Waals surface area contributed by atoms with Crippen molar-refractivity contribution in [2.24, 2.45) is 0 Å². The number of pyridine rings is 1. The van der Waals surface area contributed by atoms with E-state index in [1.165, 1.54) is 0 Å². The fraction of sp³-hybridized carbons (Fsp3) is 0.238. The fourth-order valence-corrected chi connectivity index (χ4v) is 3.14. The lowest BCUT2D eigenvalue weighted by molar-refractivity contribution is -0.118. The van der Waals surface area contributed by atoms with Gasteiger partial charge in [-0.1, -0.05) is 30.3 Å². The number of carbonyl (C=O) groups is 1. The zero-order valence-corrected chi connectivity index (χ0v) is 15.5. The lowest BCUT2D eigenvalue weighted by Gasteiger charge is -2.32. The van der Waals surface area contributed by atoms with Crippen molar-refractivity contribution in [1.82, 2.24) is 19.9 Å². The third-order valence-electron chi connectivity index (χ3n) is 4.75. The van der Waals surface area contributed by atoms with Crippen molar-refractivity contribution >= 4 is 18.2 Å². The van der Waals surface area contributed by atoms with E-state index in [1.54, 1.807) is 17.3 Å². The van der Waals surface area contributed by atoms with E-state index < -0.39 is 0 Å². The standard InChI is InChI=1S/C21H22N6O/c28-16-26-10-12-27(13-11-26)21-24-19(18-4-2-1-3-5-18)14-20(25-21)23-15-17-6-8-22-9-7-17/h1-9,14,16H,10-13,15H2,(H,23,24,25). The van der Waals surface area contributed by atoms with Crippen LogP contribution in [0.4, 0.5) is 11.8 Å². The minimum atomic E-state index is 0.659. The Morgan fingerprint density at radius 1 is 0.964 bits per heavy atom. The predicted molar refractivity (Wildman–Crippen MR) is 109 cm³/mol. The summed E-state index contributed by atoms with van der Waals surface area (Å²) in [5.74, 6) is 1.46. The first-order chi connectivity index (χ1) is 13.8. The lowest BCUT2D eigenvalue weighted by atomic mass is 10.1. The van der Waals surface area contributed by atoms with Gasteiger partial charge in [0, 0.05) is 56.7 Å². The average Bonchev–Trinajstić information content (AvgIpc) is 2.79. The van der Waals surface area contributed by atoms with Crippen LogP contribution >= 0.6 is 0 Å². The monoisotopic (exact) mass is 374 g/mol. The Morgan fingerprint density at radius 3 is 2.43 bits per heavy atom. The molecule has 1 amide bonds. The van der Waals surface area contributed by atoms with Gasteiger partial charge in [0.15, 0.2) is 0 Å². The van der Waals surface area contributed by atoms with E-state index in [9.17, 15) is 4.79 Å². The van der Waals surface area contributed by atoms with Crippen LogP contribution in [0.2, 0.25) is 0 Å². The van der Waals surface area contributed by atoms with Gasteiger partial charge in [-0.05, 0) is 17.7 Å². The van der Waals surface area contributed by atoms with E-state index >= 15 is 0 Å². The zero-order chi connectivity index (χ0) is 19.2. The molecule has 1 fully saturated rings. The van der Waals surface area contributed by atoms with Gasteiger partial charge in [0.05, 0.1) is 5.69 Å². The van der Waals surface area contributed by atoms with Gasteiger partial charge in [-0.3, -0.25) is 9.78 Å². The third-order valence-corrected chi connectivity index (χ3v) is 4.75. The Kier molecular flexibility index (Phi) is 5.42. The molecule has 3 heterocycles. The summed E-state index contributed by atoms with van der Waals surface area (Å²) in [7, 11) is 0. The van der Waals surface area contributed by atoms with Crippen LogP contribution in [-0.4, -0.2) is 52.4 Å². The van der Waals surface area contributed by atoms with Crippen molar-refractivity contribution in [2.45, 2.75) is 6.54 Å². The highest BCUT2D eigenvalue weighted by atomic mass is 16.1. The molecule has 0 atom stereocenters. The average molecular weight is 374 g/mol. The van der Waals surface area contributed by atoms with Gasteiger partial charge >= 0.3 is 0 Å². The number of benzene rings is 1. The first kappa shape index (κ1) is 17.9. The van der Waals surface area contributed by atoms with Crippen molar-refractivity contribution < 1.29 is 4.79 Å². The van der Waals surface area contributed by atoms with Crippen LogP contribution in [0.25, 0.3) is 11.3 Å². The number of carbonyl (C=O) groups excluding carboxylic acids is 1. The number of rotatable bonds is 6. The molecule has 0 radical (unpaired) electrons. The van der Waals surface area contributed by atoms with Gasteiger partial charge < -0.3 is 15.1 Å². The van der Waals surface area contributed by atoms with Crippen LogP contribution in [0.15, 0.2) is 60.9 Å². The molecular weight excluding hydrogens is 352 g/mol. The van der Waals surface area contributed by atoms with Crippen LogP contribution in [0, 0.1) is 0 Å². The van der Waals surface area contributed by atoms with E-state index in [0.29, 0.717) is 25.6 Å². The second kappa shape index (κ2) is 8.47. The Morgan fingerprint density at radius 2 is 1.71 bits per heavy atom. The number of amides is 1. The summed E-state index contributed by atoms with van der Waals surface area (Å²) < 4.78 is 0. The highest BCUT2D eigenvalue weighted by molar-refractivity contribution is 5.64. The fourth-order valence-electron chi connectivity index (χ4n) is 3.14. The van der Waals surface area contributed by atoms with Gasteiger partial charge in [0.2, 0.25) is 12.4 Å². The van der Waals surface area contributed by atoms with Gasteiger partial charge in [0.25, 0.3) is 0 Å². The van der Waals surface area contributed by atoms with Crippen LogP contribution < -0.4 is 10.2 Å². The number of hydrogen-bond donors (Lipinski definition) is 1. The topological polar surface area (TPSA) is 74.2 Å². The van der Waals surface area contributed by atoms with Crippen molar-refractivity contribution in [2.75, 3.05) is 36.4 Å². The van der Waals surface area contributed by atoms with E-state index in [4.69, 9.17) is 9.97 Å².